The molecule has 32 heavy (non-hydrogen) atoms. The monoisotopic (exact) mass is 495 g/mol. The van der Waals surface area contributed by atoms with Crippen molar-refractivity contribution in [1.82, 2.24) is 14.1 Å². The predicted molar refractivity (Wildman–Crippen MR) is 125 cm³/mol. The van der Waals surface area contributed by atoms with Crippen molar-refractivity contribution >= 4 is 44.8 Å². The maximum Gasteiger partial charge on any atom is 0.264 e. The third kappa shape index (κ3) is 4.85. The molecule has 0 saturated carbocycles. The molecule has 0 aliphatic carbocycles. The number of hydrogen-bond acceptors (Lipinski definition) is 5. The van der Waals surface area contributed by atoms with Gasteiger partial charge in [-0.15, -0.1) is 11.3 Å². The lowest BCUT2D eigenvalue weighted by atomic mass is 10.2. The minimum absolute atomic E-state index is 0.0153. The highest BCUT2D eigenvalue weighted by atomic mass is 35.5. The van der Waals surface area contributed by atoms with Crippen molar-refractivity contribution in [2.75, 3.05) is 39.3 Å². The normalized spacial score (nSPS) is 18.4. The zero-order valence-corrected chi connectivity index (χ0v) is 20.1. The molecule has 1 aromatic carbocycles. The number of thiophene rings is 1. The summed E-state index contributed by atoms with van der Waals surface area (Å²) >= 11 is 7.66. The van der Waals surface area contributed by atoms with Crippen LogP contribution < -0.4 is 0 Å². The zero-order chi connectivity index (χ0) is 22.7. The number of amides is 2. The van der Waals surface area contributed by atoms with Crippen LogP contribution >= 0.6 is 22.9 Å². The molecule has 0 spiro atoms. The molecule has 0 bridgehead atoms. The van der Waals surface area contributed by atoms with Crippen molar-refractivity contribution in [3.8, 4) is 0 Å². The number of halogens is 1. The van der Waals surface area contributed by atoms with Crippen LogP contribution in [0.25, 0.3) is 0 Å². The van der Waals surface area contributed by atoms with Crippen LogP contribution in [0.4, 0.5) is 0 Å². The Kier molecular flexibility index (Phi) is 7.19. The molecule has 2 fully saturated rings. The van der Waals surface area contributed by atoms with Gasteiger partial charge in [0.25, 0.3) is 11.8 Å². The second-order valence-electron chi connectivity index (χ2n) is 8.03. The van der Waals surface area contributed by atoms with E-state index in [0.717, 1.165) is 25.7 Å². The van der Waals surface area contributed by atoms with Gasteiger partial charge < -0.3 is 9.80 Å². The lowest BCUT2D eigenvalue weighted by Gasteiger charge is -2.34. The molecule has 7 nitrogen and oxygen atoms in total. The number of sulfonamides is 1. The Morgan fingerprint density at radius 3 is 2.06 bits per heavy atom. The van der Waals surface area contributed by atoms with Crippen LogP contribution in [0.2, 0.25) is 5.02 Å². The summed E-state index contributed by atoms with van der Waals surface area (Å²) in [5.41, 5.74) is 0.292. The second kappa shape index (κ2) is 9.91. The van der Waals surface area contributed by atoms with Crippen LogP contribution in [0.15, 0.2) is 40.6 Å². The Labute approximate surface area is 197 Å². The highest BCUT2D eigenvalue weighted by molar-refractivity contribution is 7.89. The van der Waals surface area contributed by atoms with Crippen molar-refractivity contribution in [1.29, 1.82) is 0 Å². The molecule has 4 rings (SSSR count). The van der Waals surface area contributed by atoms with Crippen molar-refractivity contribution in [2.45, 2.75) is 30.6 Å². The van der Waals surface area contributed by atoms with Gasteiger partial charge in [-0.3, -0.25) is 9.59 Å². The number of nitrogens with zero attached hydrogens (tertiary/aromatic N) is 3. The van der Waals surface area contributed by atoms with Crippen molar-refractivity contribution < 1.29 is 18.0 Å². The van der Waals surface area contributed by atoms with E-state index >= 15 is 0 Å². The Bertz CT molecular complexity index is 1070. The van der Waals surface area contributed by atoms with Gasteiger partial charge in [0.15, 0.2) is 0 Å². The van der Waals surface area contributed by atoms with Gasteiger partial charge in [-0.1, -0.05) is 30.5 Å². The summed E-state index contributed by atoms with van der Waals surface area (Å²) in [5.74, 6) is -0.276. The summed E-state index contributed by atoms with van der Waals surface area (Å²) in [6, 6.07) is 8.08. The number of carbonyl (C=O) groups excluding carboxylic acids is 2. The van der Waals surface area contributed by atoms with Crippen LogP contribution in [0.5, 0.6) is 0 Å². The molecule has 1 aromatic heterocycles. The van der Waals surface area contributed by atoms with Gasteiger partial charge in [0.1, 0.15) is 4.90 Å². The fourth-order valence-corrected chi connectivity index (χ4v) is 6.81. The molecule has 10 heteroatoms. The number of benzene rings is 1. The smallest absolute Gasteiger partial charge is 0.264 e. The van der Waals surface area contributed by atoms with Crippen LogP contribution in [0, 0.1) is 0 Å². The SMILES string of the molecule is O=C(c1ccc(Cl)c(S(=O)(=O)N2CCCCCC2)c1)N1CCN(C(=O)c2cccs2)CC1. The van der Waals surface area contributed by atoms with Gasteiger partial charge in [-0.25, -0.2) is 8.42 Å². The lowest BCUT2D eigenvalue weighted by molar-refractivity contribution is 0.0538. The maximum absolute atomic E-state index is 13.2. The molecule has 2 aromatic rings. The highest BCUT2D eigenvalue weighted by Crippen LogP contribution is 2.28. The first-order valence-corrected chi connectivity index (χ1v) is 13.5. The average Bonchev–Trinajstić information content (AvgIpc) is 3.20. The van der Waals surface area contributed by atoms with E-state index in [1.165, 1.54) is 27.8 Å². The summed E-state index contributed by atoms with van der Waals surface area (Å²) in [6.45, 7) is 2.61. The molecule has 2 saturated heterocycles. The summed E-state index contributed by atoms with van der Waals surface area (Å²) in [5, 5.41) is 1.99. The minimum atomic E-state index is -3.77. The molecular formula is C22H26ClN3O4S2. The van der Waals surface area contributed by atoms with Crippen molar-refractivity contribution in [2.24, 2.45) is 0 Å². The minimum Gasteiger partial charge on any atom is -0.335 e. The molecule has 0 N–H and O–H groups in total. The number of piperazine rings is 1. The first-order chi connectivity index (χ1) is 15.4. The average molecular weight is 496 g/mol. The number of carbonyl (C=O) groups is 2. The van der Waals surface area contributed by atoms with E-state index in [-0.39, 0.29) is 21.7 Å². The molecule has 0 unspecified atom stereocenters. The van der Waals surface area contributed by atoms with Gasteiger partial charge in [0.05, 0.1) is 9.90 Å². The Hall–Kier alpha value is -1.94. The summed E-state index contributed by atoms with van der Waals surface area (Å²) < 4.78 is 27.9. The van der Waals surface area contributed by atoms with E-state index in [0.29, 0.717) is 49.7 Å². The summed E-state index contributed by atoms with van der Waals surface area (Å²) in [4.78, 5) is 29.7. The van der Waals surface area contributed by atoms with Crippen LogP contribution in [0.3, 0.4) is 0 Å². The summed E-state index contributed by atoms with van der Waals surface area (Å²) in [7, 11) is -3.77. The third-order valence-electron chi connectivity index (χ3n) is 5.95. The van der Waals surface area contributed by atoms with Crippen molar-refractivity contribution in [3.63, 3.8) is 0 Å². The maximum atomic E-state index is 13.2. The largest absolute Gasteiger partial charge is 0.335 e. The van der Waals surface area contributed by atoms with Crippen LogP contribution in [-0.2, 0) is 10.0 Å². The van der Waals surface area contributed by atoms with Crippen LogP contribution in [0.1, 0.15) is 45.7 Å². The van der Waals surface area contributed by atoms with Gasteiger partial charge in [-0.05, 0) is 42.5 Å². The van der Waals surface area contributed by atoms with E-state index < -0.39 is 10.0 Å². The van der Waals surface area contributed by atoms with E-state index in [4.69, 9.17) is 11.6 Å². The fourth-order valence-electron chi connectivity index (χ4n) is 4.11. The van der Waals surface area contributed by atoms with Gasteiger partial charge in [0, 0.05) is 44.8 Å². The molecule has 2 amide bonds. The Morgan fingerprint density at radius 2 is 1.47 bits per heavy atom. The number of rotatable bonds is 4. The topological polar surface area (TPSA) is 78.0 Å². The van der Waals surface area contributed by atoms with Gasteiger partial charge >= 0.3 is 0 Å². The highest BCUT2D eigenvalue weighted by Gasteiger charge is 2.30. The molecule has 0 atom stereocenters. The van der Waals surface area contributed by atoms with Crippen molar-refractivity contribution in [3.05, 3.63) is 51.2 Å². The first kappa shape index (κ1) is 23.2. The van der Waals surface area contributed by atoms with E-state index in [9.17, 15) is 18.0 Å². The van der Waals surface area contributed by atoms with Gasteiger partial charge in [0.2, 0.25) is 10.0 Å². The van der Waals surface area contributed by atoms with Gasteiger partial charge in [-0.2, -0.15) is 4.31 Å². The van der Waals surface area contributed by atoms with Crippen LogP contribution in [-0.4, -0.2) is 73.6 Å². The molecule has 2 aliphatic heterocycles. The summed E-state index contributed by atoms with van der Waals surface area (Å²) in [6.07, 6.45) is 3.67. The van der Waals surface area contributed by atoms with E-state index in [1.54, 1.807) is 21.9 Å². The van der Waals surface area contributed by atoms with E-state index in [2.05, 4.69) is 0 Å². The molecular weight excluding hydrogens is 470 g/mol. The number of hydrogen-bond donors (Lipinski definition) is 0. The quantitative estimate of drug-likeness (QED) is 0.649. The zero-order valence-electron chi connectivity index (χ0n) is 17.7. The van der Waals surface area contributed by atoms with E-state index in [1.807, 2.05) is 11.4 Å². The standard InChI is InChI=1S/C22H26ClN3O4S2/c23-18-8-7-17(16-20(18)32(29,30)26-9-3-1-2-4-10-26)21(27)24-11-13-25(14-12-24)22(28)19-6-5-15-31-19/h5-8,15-16H,1-4,9-14H2. The molecule has 172 valence electrons. The third-order valence-corrected chi connectivity index (χ3v) is 9.19. The first-order valence-electron chi connectivity index (χ1n) is 10.8. The Morgan fingerprint density at radius 1 is 0.844 bits per heavy atom. The predicted octanol–water partition coefficient (Wildman–Crippen LogP) is 3.56. The molecule has 2 aliphatic rings. The molecule has 3 heterocycles. The second-order valence-corrected chi connectivity index (χ2v) is 11.3. The fraction of sp³-hybridized carbons (Fsp3) is 0.455. The Balaban J connectivity index is 1.47. The lowest BCUT2D eigenvalue weighted by Crippen LogP contribution is -2.50. The molecule has 0 radical (unpaired) electrons.